The fourth-order valence-corrected chi connectivity index (χ4v) is 2.54. The topological polar surface area (TPSA) is 79.5 Å². The van der Waals surface area contributed by atoms with E-state index in [2.05, 4.69) is 22.9 Å². The van der Waals surface area contributed by atoms with E-state index in [1.165, 1.54) is 0 Å². The van der Waals surface area contributed by atoms with Gasteiger partial charge in [0.1, 0.15) is 5.75 Å². The third kappa shape index (κ3) is 8.25. The van der Waals surface area contributed by atoms with Gasteiger partial charge in [0.15, 0.2) is 0 Å². The molecule has 0 spiro atoms. The molecule has 156 valence electrons. The Labute approximate surface area is 173 Å². The van der Waals surface area contributed by atoms with E-state index in [0.29, 0.717) is 17.9 Å². The Balaban J connectivity index is 1.83. The second kappa shape index (κ2) is 10.5. The molecule has 2 aromatic carbocycles. The van der Waals surface area contributed by atoms with E-state index < -0.39 is 0 Å². The Morgan fingerprint density at radius 2 is 1.72 bits per heavy atom. The van der Waals surface area contributed by atoms with Crippen LogP contribution in [0.4, 0.5) is 11.4 Å². The van der Waals surface area contributed by atoms with Crippen molar-refractivity contribution in [2.75, 3.05) is 23.8 Å². The fraction of sp³-hybridized carbons (Fsp3) is 0.391. The van der Waals surface area contributed by atoms with E-state index in [-0.39, 0.29) is 23.9 Å². The summed E-state index contributed by atoms with van der Waals surface area (Å²) in [6.07, 6.45) is 2.09. The molecule has 3 N–H and O–H groups in total. The Bertz CT molecular complexity index is 811. The molecule has 0 unspecified atom stereocenters. The Hall–Kier alpha value is -3.02. The summed E-state index contributed by atoms with van der Waals surface area (Å²) in [6.45, 7) is 8.72. The van der Waals surface area contributed by atoms with E-state index in [0.717, 1.165) is 24.3 Å². The standard InChI is InChI=1S/C23H31N3O3/c1-5-6-14-29-20-9-7-8-19(15-20)24-16-21(27)25-18-12-10-17(11-13-18)22(28)26-23(2,3)4/h7-13,15,24H,5-6,14,16H2,1-4H3,(H,25,27)(H,26,28). The van der Waals surface area contributed by atoms with Gasteiger partial charge in [-0.1, -0.05) is 19.4 Å². The van der Waals surface area contributed by atoms with Crippen molar-refractivity contribution in [2.45, 2.75) is 46.1 Å². The minimum atomic E-state index is -0.298. The number of rotatable bonds is 9. The van der Waals surface area contributed by atoms with Crippen LogP contribution in [0.3, 0.4) is 0 Å². The van der Waals surface area contributed by atoms with E-state index in [4.69, 9.17) is 4.74 Å². The molecule has 0 aliphatic carbocycles. The third-order valence-corrected chi connectivity index (χ3v) is 3.97. The molecule has 0 radical (unpaired) electrons. The number of anilines is 2. The number of nitrogens with one attached hydrogen (secondary N) is 3. The van der Waals surface area contributed by atoms with Gasteiger partial charge in [0.2, 0.25) is 5.91 Å². The van der Waals surface area contributed by atoms with Gasteiger partial charge in [-0.15, -0.1) is 0 Å². The monoisotopic (exact) mass is 397 g/mol. The summed E-state index contributed by atoms with van der Waals surface area (Å²) < 4.78 is 5.68. The number of benzene rings is 2. The summed E-state index contributed by atoms with van der Waals surface area (Å²) in [5, 5.41) is 8.82. The maximum Gasteiger partial charge on any atom is 0.251 e. The summed E-state index contributed by atoms with van der Waals surface area (Å²) in [7, 11) is 0. The highest BCUT2D eigenvalue weighted by molar-refractivity contribution is 5.97. The van der Waals surface area contributed by atoms with Crippen LogP contribution in [-0.4, -0.2) is 30.5 Å². The molecule has 6 heteroatoms. The first kappa shape index (κ1) is 22.3. The number of carbonyl (C=O) groups is 2. The molecule has 0 saturated carbocycles. The highest BCUT2D eigenvalue weighted by Crippen LogP contribution is 2.17. The number of carbonyl (C=O) groups excluding carboxylic acids is 2. The normalized spacial score (nSPS) is 10.9. The largest absolute Gasteiger partial charge is 0.494 e. The first-order valence-electron chi connectivity index (χ1n) is 9.96. The minimum Gasteiger partial charge on any atom is -0.494 e. The van der Waals surface area contributed by atoms with Gasteiger partial charge in [-0.05, 0) is 63.6 Å². The zero-order valence-electron chi connectivity index (χ0n) is 17.7. The molecule has 0 heterocycles. The van der Waals surface area contributed by atoms with Gasteiger partial charge in [-0.25, -0.2) is 0 Å². The molecule has 0 atom stereocenters. The molecule has 0 bridgehead atoms. The zero-order chi connectivity index (χ0) is 21.3. The zero-order valence-corrected chi connectivity index (χ0v) is 17.7. The molecule has 0 aliphatic rings. The summed E-state index contributed by atoms with van der Waals surface area (Å²) in [5.74, 6) is 0.472. The predicted octanol–water partition coefficient (Wildman–Crippen LogP) is 4.44. The van der Waals surface area contributed by atoms with Crippen molar-refractivity contribution in [1.29, 1.82) is 0 Å². The average molecular weight is 398 g/mol. The smallest absolute Gasteiger partial charge is 0.251 e. The Morgan fingerprint density at radius 3 is 2.38 bits per heavy atom. The van der Waals surface area contributed by atoms with E-state index >= 15 is 0 Å². The Morgan fingerprint density at radius 1 is 1.00 bits per heavy atom. The second-order valence-electron chi connectivity index (χ2n) is 7.91. The van der Waals surface area contributed by atoms with Crippen LogP contribution in [-0.2, 0) is 4.79 Å². The number of amides is 2. The van der Waals surface area contributed by atoms with Crippen LogP contribution in [0.5, 0.6) is 5.75 Å². The molecule has 0 aromatic heterocycles. The van der Waals surface area contributed by atoms with E-state index in [1.54, 1.807) is 24.3 Å². The van der Waals surface area contributed by atoms with Gasteiger partial charge < -0.3 is 20.7 Å². The van der Waals surface area contributed by atoms with Gasteiger partial charge in [0.25, 0.3) is 5.91 Å². The lowest BCUT2D eigenvalue weighted by molar-refractivity contribution is -0.114. The molecular formula is C23H31N3O3. The van der Waals surface area contributed by atoms with Gasteiger partial charge in [0, 0.05) is 28.5 Å². The molecule has 2 aromatic rings. The molecule has 0 saturated heterocycles. The molecule has 6 nitrogen and oxygen atoms in total. The summed E-state index contributed by atoms with van der Waals surface area (Å²) in [6, 6.07) is 14.4. The molecule has 0 aliphatic heterocycles. The van der Waals surface area contributed by atoms with Gasteiger partial charge in [-0.3, -0.25) is 9.59 Å². The van der Waals surface area contributed by atoms with Crippen LogP contribution in [0.25, 0.3) is 0 Å². The van der Waals surface area contributed by atoms with Crippen molar-refractivity contribution < 1.29 is 14.3 Å². The maximum atomic E-state index is 12.2. The lowest BCUT2D eigenvalue weighted by Crippen LogP contribution is -2.40. The van der Waals surface area contributed by atoms with Gasteiger partial charge in [0.05, 0.1) is 13.2 Å². The van der Waals surface area contributed by atoms with Crippen molar-refractivity contribution in [3.05, 3.63) is 54.1 Å². The first-order chi connectivity index (χ1) is 13.8. The summed E-state index contributed by atoms with van der Waals surface area (Å²) >= 11 is 0. The van der Waals surface area contributed by atoms with Crippen LogP contribution in [0, 0.1) is 0 Å². The number of hydrogen-bond acceptors (Lipinski definition) is 4. The molecule has 29 heavy (non-hydrogen) atoms. The van der Waals surface area contributed by atoms with Gasteiger partial charge in [-0.2, -0.15) is 0 Å². The van der Waals surface area contributed by atoms with Gasteiger partial charge >= 0.3 is 0 Å². The first-order valence-corrected chi connectivity index (χ1v) is 9.96. The van der Waals surface area contributed by atoms with Crippen molar-refractivity contribution in [2.24, 2.45) is 0 Å². The Kier molecular flexibility index (Phi) is 8.07. The molecular weight excluding hydrogens is 366 g/mol. The molecule has 0 fully saturated rings. The number of unbranched alkanes of at least 4 members (excludes halogenated alkanes) is 1. The second-order valence-corrected chi connectivity index (χ2v) is 7.91. The highest BCUT2D eigenvalue weighted by atomic mass is 16.5. The van der Waals surface area contributed by atoms with Crippen molar-refractivity contribution in [3.63, 3.8) is 0 Å². The number of hydrogen-bond donors (Lipinski definition) is 3. The van der Waals surface area contributed by atoms with Crippen molar-refractivity contribution in [3.8, 4) is 5.75 Å². The van der Waals surface area contributed by atoms with Crippen molar-refractivity contribution >= 4 is 23.2 Å². The van der Waals surface area contributed by atoms with Crippen LogP contribution >= 0.6 is 0 Å². The fourth-order valence-electron chi connectivity index (χ4n) is 2.54. The lowest BCUT2D eigenvalue weighted by atomic mass is 10.1. The molecule has 2 amide bonds. The van der Waals surface area contributed by atoms with E-state index in [9.17, 15) is 9.59 Å². The van der Waals surface area contributed by atoms with Crippen LogP contribution < -0.4 is 20.7 Å². The third-order valence-electron chi connectivity index (χ3n) is 3.97. The highest BCUT2D eigenvalue weighted by Gasteiger charge is 2.15. The van der Waals surface area contributed by atoms with E-state index in [1.807, 2.05) is 45.0 Å². The average Bonchev–Trinajstić information content (AvgIpc) is 2.66. The quantitative estimate of drug-likeness (QED) is 0.547. The molecule has 2 rings (SSSR count). The number of ether oxygens (including phenoxy) is 1. The van der Waals surface area contributed by atoms with Crippen LogP contribution in [0.15, 0.2) is 48.5 Å². The predicted molar refractivity (Wildman–Crippen MR) is 118 cm³/mol. The lowest BCUT2D eigenvalue weighted by Gasteiger charge is -2.20. The summed E-state index contributed by atoms with van der Waals surface area (Å²) in [5.41, 5.74) is 1.72. The van der Waals surface area contributed by atoms with Crippen LogP contribution in [0.2, 0.25) is 0 Å². The van der Waals surface area contributed by atoms with Crippen LogP contribution in [0.1, 0.15) is 50.9 Å². The van der Waals surface area contributed by atoms with Crippen molar-refractivity contribution in [1.82, 2.24) is 5.32 Å². The minimum absolute atomic E-state index is 0.130. The summed E-state index contributed by atoms with van der Waals surface area (Å²) in [4.78, 5) is 24.3. The maximum absolute atomic E-state index is 12.2. The SMILES string of the molecule is CCCCOc1cccc(NCC(=O)Nc2ccc(C(=O)NC(C)(C)C)cc2)c1.